The Morgan fingerprint density at radius 1 is 1.32 bits per heavy atom. The van der Waals surface area contributed by atoms with Gasteiger partial charge in [-0.2, -0.15) is 0 Å². The highest BCUT2D eigenvalue weighted by atomic mass is 16.5. The van der Waals surface area contributed by atoms with Gasteiger partial charge in [0.05, 0.1) is 6.54 Å². The Morgan fingerprint density at radius 2 is 2.12 bits per heavy atom. The number of nitrogens with zero attached hydrogens (tertiary/aromatic N) is 2. The quantitative estimate of drug-likeness (QED) is 0.312. The van der Waals surface area contributed by atoms with Crippen molar-refractivity contribution in [1.82, 2.24) is 15.5 Å². The fraction of sp³-hybridized carbons (Fsp3) is 0.556. The molecule has 0 atom stereocenters. The minimum Gasteiger partial charge on any atom is -0.385 e. The van der Waals surface area contributed by atoms with Gasteiger partial charge in [0.25, 0.3) is 0 Å². The van der Waals surface area contributed by atoms with Crippen LogP contribution in [0.1, 0.15) is 29.3 Å². The number of carbonyl (C=O) groups is 1. The smallest absolute Gasteiger partial charge is 0.248 e. The van der Waals surface area contributed by atoms with Gasteiger partial charge in [-0.25, -0.2) is 4.99 Å². The van der Waals surface area contributed by atoms with Crippen LogP contribution in [0, 0.1) is 0 Å². The second-order valence-electron chi connectivity index (χ2n) is 5.84. The summed E-state index contributed by atoms with van der Waals surface area (Å²) >= 11 is 0. The third-order valence-corrected chi connectivity index (χ3v) is 3.65. The number of likely N-dealkylation sites (N-methyl/N-ethyl adjacent to an activating group) is 1. The fourth-order valence-electron chi connectivity index (χ4n) is 2.29. The average Bonchev–Trinajstić information content (AvgIpc) is 2.60. The number of nitrogens with one attached hydrogen (secondary N) is 2. The first kappa shape index (κ1) is 20.9. The zero-order valence-corrected chi connectivity index (χ0v) is 15.5. The van der Waals surface area contributed by atoms with Gasteiger partial charge in [0, 0.05) is 45.5 Å². The van der Waals surface area contributed by atoms with Crippen LogP contribution in [-0.4, -0.2) is 63.7 Å². The van der Waals surface area contributed by atoms with E-state index in [-0.39, 0.29) is 0 Å². The van der Waals surface area contributed by atoms with Crippen molar-refractivity contribution in [3.05, 3.63) is 35.4 Å². The van der Waals surface area contributed by atoms with E-state index in [2.05, 4.69) is 27.6 Å². The molecule has 0 aliphatic heterocycles. The summed E-state index contributed by atoms with van der Waals surface area (Å²) in [7, 11) is 3.82. The van der Waals surface area contributed by atoms with Crippen molar-refractivity contribution >= 4 is 11.9 Å². The maximum absolute atomic E-state index is 11.2. The molecule has 4 N–H and O–H groups in total. The van der Waals surface area contributed by atoms with E-state index in [9.17, 15) is 4.79 Å². The molecule has 25 heavy (non-hydrogen) atoms. The molecule has 7 heteroatoms. The van der Waals surface area contributed by atoms with Crippen molar-refractivity contribution in [2.75, 3.05) is 46.9 Å². The summed E-state index contributed by atoms with van der Waals surface area (Å²) in [6.07, 6.45) is 1.03. The van der Waals surface area contributed by atoms with E-state index in [0.29, 0.717) is 12.1 Å². The molecule has 1 rings (SSSR count). The number of hydrogen-bond acceptors (Lipinski definition) is 4. The zero-order chi connectivity index (χ0) is 18.5. The van der Waals surface area contributed by atoms with Gasteiger partial charge in [-0.1, -0.05) is 12.1 Å². The molecule has 0 saturated carbocycles. The Bertz CT molecular complexity index is 548. The van der Waals surface area contributed by atoms with Crippen molar-refractivity contribution in [3.8, 4) is 0 Å². The van der Waals surface area contributed by atoms with Crippen LogP contribution in [0.15, 0.2) is 29.3 Å². The van der Waals surface area contributed by atoms with E-state index in [1.807, 2.05) is 19.1 Å². The fourth-order valence-corrected chi connectivity index (χ4v) is 2.29. The number of ether oxygens (including phenoxy) is 1. The second-order valence-corrected chi connectivity index (χ2v) is 5.84. The number of aliphatic imine (C=N–C) groups is 1. The van der Waals surface area contributed by atoms with Crippen LogP contribution in [0.5, 0.6) is 0 Å². The highest BCUT2D eigenvalue weighted by Crippen LogP contribution is 2.06. The van der Waals surface area contributed by atoms with Gasteiger partial charge < -0.3 is 26.0 Å². The molecule has 0 aromatic heterocycles. The average molecular weight is 349 g/mol. The normalized spacial score (nSPS) is 11.6. The lowest BCUT2D eigenvalue weighted by Crippen LogP contribution is -2.41. The molecule has 1 aromatic rings. The van der Waals surface area contributed by atoms with Gasteiger partial charge >= 0.3 is 0 Å². The number of methoxy groups -OCH3 is 1. The summed E-state index contributed by atoms with van der Waals surface area (Å²) in [5, 5.41) is 6.55. The van der Waals surface area contributed by atoms with Crippen LogP contribution < -0.4 is 16.4 Å². The predicted molar refractivity (Wildman–Crippen MR) is 102 cm³/mol. The lowest BCUT2D eigenvalue weighted by atomic mass is 10.1. The topological polar surface area (TPSA) is 92.0 Å². The minimum atomic E-state index is -0.424. The van der Waals surface area contributed by atoms with Gasteiger partial charge in [0.2, 0.25) is 5.91 Å². The minimum absolute atomic E-state index is 0.424. The maximum Gasteiger partial charge on any atom is 0.248 e. The Balaban J connectivity index is 2.48. The molecule has 0 spiro atoms. The van der Waals surface area contributed by atoms with Crippen molar-refractivity contribution in [1.29, 1.82) is 0 Å². The van der Waals surface area contributed by atoms with Crippen molar-refractivity contribution in [3.63, 3.8) is 0 Å². The third kappa shape index (κ3) is 9.07. The summed E-state index contributed by atoms with van der Waals surface area (Å²) in [5.41, 5.74) is 6.76. The van der Waals surface area contributed by atoms with Crippen LogP contribution in [0.2, 0.25) is 0 Å². The summed E-state index contributed by atoms with van der Waals surface area (Å²) in [4.78, 5) is 18.1. The molecule has 7 nitrogen and oxygen atoms in total. The summed E-state index contributed by atoms with van der Waals surface area (Å²) < 4.78 is 5.06. The zero-order valence-electron chi connectivity index (χ0n) is 15.5. The van der Waals surface area contributed by atoms with E-state index >= 15 is 0 Å². The maximum atomic E-state index is 11.2. The SMILES string of the molecule is CCNC(=NCc1cccc(C(N)=O)c1)NCCN(C)CCCOC. The Morgan fingerprint density at radius 3 is 2.80 bits per heavy atom. The molecule has 0 radical (unpaired) electrons. The lowest BCUT2D eigenvalue weighted by Gasteiger charge is -2.18. The highest BCUT2D eigenvalue weighted by molar-refractivity contribution is 5.92. The second kappa shape index (κ2) is 12.3. The summed E-state index contributed by atoms with van der Waals surface area (Å²) in [5.74, 6) is 0.338. The first-order valence-electron chi connectivity index (χ1n) is 8.65. The number of primary amides is 1. The number of nitrogens with two attached hydrogens (primary N) is 1. The molecular weight excluding hydrogens is 318 g/mol. The van der Waals surface area contributed by atoms with Crippen LogP contribution in [0.25, 0.3) is 0 Å². The third-order valence-electron chi connectivity index (χ3n) is 3.65. The van der Waals surface area contributed by atoms with Crippen molar-refractivity contribution in [2.24, 2.45) is 10.7 Å². The van der Waals surface area contributed by atoms with Crippen LogP contribution >= 0.6 is 0 Å². The van der Waals surface area contributed by atoms with Crippen molar-refractivity contribution < 1.29 is 9.53 Å². The number of amides is 1. The van der Waals surface area contributed by atoms with E-state index in [1.165, 1.54) is 0 Å². The van der Waals surface area contributed by atoms with E-state index in [1.54, 1.807) is 19.2 Å². The molecule has 0 unspecified atom stereocenters. The Labute approximate surface area is 150 Å². The predicted octanol–water partition coefficient (Wildman–Crippen LogP) is 0.809. The molecule has 140 valence electrons. The first-order valence-corrected chi connectivity index (χ1v) is 8.65. The van der Waals surface area contributed by atoms with Gasteiger partial charge in [-0.3, -0.25) is 4.79 Å². The van der Waals surface area contributed by atoms with E-state index in [0.717, 1.165) is 50.7 Å². The number of benzene rings is 1. The molecule has 0 heterocycles. The largest absolute Gasteiger partial charge is 0.385 e. The molecule has 0 bridgehead atoms. The van der Waals surface area contributed by atoms with Crippen LogP contribution in [0.3, 0.4) is 0 Å². The molecule has 0 aliphatic rings. The molecule has 1 aromatic carbocycles. The van der Waals surface area contributed by atoms with Gasteiger partial charge in [0.15, 0.2) is 5.96 Å². The van der Waals surface area contributed by atoms with Gasteiger partial charge in [0.1, 0.15) is 0 Å². The number of rotatable bonds is 11. The molecule has 0 saturated heterocycles. The summed E-state index contributed by atoms with van der Waals surface area (Å²) in [6, 6.07) is 7.24. The van der Waals surface area contributed by atoms with E-state index < -0.39 is 5.91 Å². The first-order chi connectivity index (χ1) is 12.1. The molecular formula is C18H31N5O2. The number of guanidine groups is 1. The molecule has 0 aliphatic carbocycles. The molecule has 1 amide bonds. The Kier molecular flexibility index (Phi) is 10.3. The van der Waals surface area contributed by atoms with Crippen molar-refractivity contribution in [2.45, 2.75) is 19.9 Å². The van der Waals surface area contributed by atoms with Gasteiger partial charge in [-0.05, 0) is 38.1 Å². The van der Waals surface area contributed by atoms with E-state index in [4.69, 9.17) is 10.5 Å². The lowest BCUT2D eigenvalue weighted by molar-refractivity contribution is 0.1000. The monoisotopic (exact) mass is 349 g/mol. The highest BCUT2D eigenvalue weighted by Gasteiger charge is 2.03. The van der Waals surface area contributed by atoms with Crippen LogP contribution in [0.4, 0.5) is 0 Å². The Hall–Kier alpha value is -2.12. The van der Waals surface area contributed by atoms with Gasteiger partial charge in [-0.15, -0.1) is 0 Å². The van der Waals surface area contributed by atoms with Crippen LogP contribution in [-0.2, 0) is 11.3 Å². The number of carbonyl (C=O) groups excluding carboxylic acids is 1. The number of hydrogen-bond donors (Lipinski definition) is 3. The standard InChI is InChI=1S/C18H31N5O2/c1-4-20-18(21-9-11-23(2)10-6-12-25-3)22-14-15-7-5-8-16(13-15)17(19)24/h5,7-8,13H,4,6,9-12,14H2,1-3H3,(H2,19,24)(H2,20,21,22). The molecule has 0 fully saturated rings. The summed E-state index contributed by atoms with van der Waals surface area (Å²) in [6.45, 7) is 6.82.